The zero-order valence-electron chi connectivity index (χ0n) is 17.9. The summed E-state index contributed by atoms with van der Waals surface area (Å²) in [6, 6.07) is 1.48. The molecule has 3 nitrogen and oxygen atoms in total. The SMILES string of the molecule is CC(C)(CCCl)C(=O)c1cc(C(C)(C)O[Si](C)(C)C(C)(C)C)c(F)c(Cl)n1. The zero-order chi connectivity index (χ0) is 21.4. The van der Waals surface area contributed by atoms with Gasteiger partial charge in [0.15, 0.2) is 25.1 Å². The molecule has 0 aromatic carbocycles. The third-order valence-electron chi connectivity index (χ3n) is 5.45. The fourth-order valence-electron chi connectivity index (χ4n) is 2.60. The molecule has 0 fully saturated rings. The van der Waals surface area contributed by atoms with Gasteiger partial charge in [-0.25, -0.2) is 9.37 Å². The zero-order valence-corrected chi connectivity index (χ0v) is 20.4. The molecule has 1 aromatic heterocycles. The molecule has 0 radical (unpaired) electrons. The summed E-state index contributed by atoms with van der Waals surface area (Å²) in [7, 11) is -2.19. The van der Waals surface area contributed by atoms with Crippen LogP contribution in [0.1, 0.15) is 70.9 Å². The molecule has 154 valence electrons. The molecule has 0 aliphatic carbocycles. The molecule has 0 aliphatic heterocycles. The van der Waals surface area contributed by atoms with Crippen molar-refractivity contribution in [3.63, 3.8) is 0 Å². The maximum Gasteiger partial charge on any atom is 0.193 e. The van der Waals surface area contributed by atoms with E-state index in [1.807, 2.05) is 0 Å². The fourth-order valence-corrected chi connectivity index (χ4v) is 4.95. The molecule has 0 unspecified atom stereocenters. The minimum Gasteiger partial charge on any atom is -0.408 e. The number of nitrogens with zero attached hydrogens (tertiary/aromatic N) is 1. The van der Waals surface area contributed by atoms with Gasteiger partial charge >= 0.3 is 0 Å². The molecule has 27 heavy (non-hydrogen) atoms. The van der Waals surface area contributed by atoms with Crippen LogP contribution in [-0.4, -0.2) is 25.0 Å². The monoisotopic (exact) mass is 435 g/mol. The van der Waals surface area contributed by atoms with Crippen molar-refractivity contribution in [2.24, 2.45) is 5.41 Å². The summed E-state index contributed by atoms with van der Waals surface area (Å²) in [6.45, 7) is 17.8. The number of carbonyl (C=O) groups excluding carboxylic acids is 1. The van der Waals surface area contributed by atoms with Crippen LogP contribution in [0.15, 0.2) is 6.07 Å². The highest BCUT2D eigenvalue weighted by molar-refractivity contribution is 6.74. The quantitative estimate of drug-likeness (QED) is 0.201. The van der Waals surface area contributed by atoms with Crippen LogP contribution in [0.3, 0.4) is 0 Å². The highest BCUT2D eigenvalue weighted by Crippen LogP contribution is 2.43. The van der Waals surface area contributed by atoms with E-state index >= 15 is 0 Å². The number of Topliss-reactive ketones (excluding diaryl/α,β-unsaturated/α-hetero) is 1. The van der Waals surface area contributed by atoms with E-state index in [1.54, 1.807) is 27.7 Å². The lowest BCUT2D eigenvalue weighted by molar-refractivity contribution is 0.0815. The van der Waals surface area contributed by atoms with Crippen molar-refractivity contribution in [1.29, 1.82) is 0 Å². The van der Waals surface area contributed by atoms with Crippen molar-refractivity contribution in [1.82, 2.24) is 4.98 Å². The normalized spacial score (nSPS) is 13.8. The minimum absolute atomic E-state index is 0.0431. The van der Waals surface area contributed by atoms with Crippen molar-refractivity contribution in [2.45, 2.75) is 78.6 Å². The van der Waals surface area contributed by atoms with Crippen molar-refractivity contribution in [2.75, 3.05) is 5.88 Å². The van der Waals surface area contributed by atoms with E-state index in [-0.39, 0.29) is 27.2 Å². The van der Waals surface area contributed by atoms with E-state index in [2.05, 4.69) is 38.8 Å². The number of carbonyl (C=O) groups is 1. The Balaban J connectivity index is 3.44. The molecule has 0 spiro atoms. The van der Waals surface area contributed by atoms with Gasteiger partial charge in [0.25, 0.3) is 0 Å². The number of halogens is 3. The van der Waals surface area contributed by atoms with Gasteiger partial charge in [-0.05, 0) is 44.5 Å². The van der Waals surface area contributed by atoms with Gasteiger partial charge in [-0.2, -0.15) is 0 Å². The molecule has 0 amide bonds. The molecular weight excluding hydrogens is 404 g/mol. The molecule has 0 saturated heterocycles. The third kappa shape index (κ3) is 5.53. The minimum atomic E-state index is -2.19. The summed E-state index contributed by atoms with van der Waals surface area (Å²) in [5.41, 5.74) is -1.28. The molecule has 0 saturated carbocycles. The number of ketones is 1. The Morgan fingerprint density at radius 1 is 1.19 bits per heavy atom. The van der Waals surface area contributed by atoms with Crippen LogP contribution >= 0.6 is 23.2 Å². The Morgan fingerprint density at radius 3 is 2.15 bits per heavy atom. The van der Waals surface area contributed by atoms with Crippen LogP contribution in [0.2, 0.25) is 23.3 Å². The Hall–Kier alpha value is -0.493. The molecule has 0 bridgehead atoms. The van der Waals surface area contributed by atoms with Crippen LogP contribution in [0, 0.1) is 11.2 Å². The van der Waals surface area contributed by atoms with Crippen LogP contribution in [0.25, 0.3) is 0 Å². The second-order valence-electron chi connectivity index (χ2n) is 9.68. The largest absolute Gasteiger partial charge is 0.408 e. The first-order chi connectivity index (χ1) is 12.0. The lowest BCUT2D eigenvalue weighted by Gasteiger charge is -2.43. The first kappa shape index (κ1) is 24.5. The van der Waals surface area contributed by atoms with Crippen LogP contribution in [-0.2, 0) is 10.0 Å². The number of alkyl halides is 1. The smallest absolute Gasteiger partial charge is 0.193 e. The molecule has 7 heteroatoms. The Morgan fingerprint density at radius 2 is 1.70 bits per heavy atom. The summed E-state index contributed by atoms with van der Waals surface area (Å²) in [6.07, 6.45) is 0.489. The van der Waals surface area contributed by atoms with E-state index in [1.165, 1.54) is 6.07 Å². The highest BCUT2D eigenvalue weighted by Gasteiger charge is 2.43. The number of aromatic nitrogens is 1. The average Bonchev–Trinajstić information content (AvgIpc) is 2.46. The molecule has 0 aliphatic rings. The summed E-state index contributed by atoms with van der Waals surface area (Å²) >= 11 is 11.9. The molecule has 0 atom stereocenters. The molecule has 1 aromatic rings. The van der Waals surface area contributed by atoms with Gasteiger partial charge in [-0.1, -0.05) is 46.2 Å². The van der Waals surface area contributed by atoms with E-state index in [4.69, 9.17) is 27.6 Å². The maximum absolute atomic E-state index is 14.9. The predicted molar refractivity (Wildman–Crippen MR) is 114 cm³/mol. The van der Waals surface area contributed by atoms with Gasteiger partial charge in [0, 0.05) is 16.9 Å². The number of hydrogen-bond acceptors (Lipinski definition) is 3. The van der Waals surface area contributed by atoms with Gasteiger partial charge in [0.1, 0.15) is 5.69 Å². The first-order valence-electron chi connectivity index (χ1n) is 9.14. The second kappa shape index (κ2) is 8.09. The molecule has 1 heterocycles. The van der Waals surface area contributed by atoms with Crippen molar-refractivity contribution in [3.8, 4) is 0 Å². The van der Waals surface area contributed by atoms with E-state index in [9.17, 15) is 9.18 Å². The van der Waals surface area contributed by atoms with Crippen LogP contribution in [0.5, 0.6) is 0 Å². The lowest BCUT2D eigenvalue weighted by Crippen LogP contribution is -2.46. The highest BCUT2D eigenvalue weighted by atomic mass is 35.5. The van der Waals surface area contributed by atoms with Gasteiger partial charge in [-0.15, -0.1) is 11.6 Å². The maximum atomic E-state index is 14.9. The summed E-state index contributed by atoms with van der Waals surface area (Å²) in [5, 5.41) is -0.358. The van der Waals surface area contributed by atoms with Crippen LogP contribution in [0.4, 0.5) is 4.39 Å². The average molecular weight is 436 g/mol. The van der Waals surface area contributed by atoms with E-state index in [0.29, 0.717) is 12.3 Å². The van der Waals surface area contributed by atoms with Gasteiger partial charge in [0.05, 0.1) is 5.60 Å². The fraction of sp³-hybridized carbons (Fsp3) is 0.700. The molecule has 1 rings (SSSR count). The Kier molecular flexibility index (Phi) is 7.36. The van der Waals surface area contributed by atoms with Crippen molar-refractivity contribution >= 4 is 37.3 Å². The topological polar surface area (TPSA) is 39.2 Å². The van der Waals surface area contributed by atoms with Crippen LogP contribution < -0.4 is 0 Å². The Bertz CT molecular complexity index is 713. The lowest BCUT2D eigenvalue weighted by atomic mass is 9.83. The second-order valence-corrected chi connectivity index (χ2v) is 15.1. The standard InChI is InChI=1S/C20H32Cl2FNO2Si/c1-18(2,3)27(8,9)26-20(6,7)13-12-14(24-17(22)15(13)23)16(25)19(4,5)10-11-21/h12H,10-11H2,1-9H3. The van der Waals surface area contributed by atoms with Gasteiger partial charge in [0.2, 0.25) is 0 Å². The van der Waals surface area contributed by atoms with Crippen molar-refractivity contribution < 1.29 is 13.6 Å². The van der Waals surface area contributed by atoms with E-state index in [0.717, 1.165) is 0 Å². The summed E-state index contributed by atoms with van der Waals surface area (Å²) in [4.78, 5) is 16.9. The number of rotatable bonds is 7. The number of hydrogen-bond donors (Lipinski definition) is 0. The third-order valence-corrected chi connectivity index (χ3v) is 10.5. The summed E-state index contributed by atoms with van der Waals surface area (Å²) < 4.78 is 21.3. The molecule has 0 N–H and O–H groups in total. The molecular formula is C20H32Cl2FNO2Si. The van der Waals surface area contributed by atoms with E-state index < -0.39 is 25.2 Å². The summed E-state index contributed by atoms with van der Waals surface area (Å²) in [5.74, 6) is -0.512. The predicted octanol–water partition coefficient (Wildman–Crippen LogP) is 6.97. The van der Waals surface area contributed by atoms with Gasteiger partial charge < -0.3 is 4.43 Å². The first-order valence-corrected chi connectivity index (χ1v) is 13.0. The van der Waals surface area contributed by atoms with Gasteiger partial charge in [-0.3, -0.25) is 4.79 Å². The Labute approximate surface area is 174 Å². The van der Waals surface area contributed by atoms with Crippen molar-refractivity contribution in [3.05, 3.63) is 28.3 Å². The number of pyridine rings is 1.